The fourth-order valence-electron chi connectivity index (χ4n) is 1.93. The van der Waals surface area contributed by atoms with Crippen LogP contribution in [-0.4, -0.2) is 40.5 Å². The molecule has 1 fully saturated rings. The molecule has 0 N–H and O–H groups in total. The van der Waals surface area contributed by atoms with Gasteiger partial charge in [-0.05, 0) is 0 Å². The first-order valence-corrected chi connectivity index (χ1v) is 7.51. The summed E-state index contributed by atoms with van der Waals surface area (Å²) in [6, 6.07) is 0. The van der Waals surface area contributed by atoms with Crippen molar-refractivity contribution in [2.45, 2.75) is 12.3 Å². The summed E-state index contributed by atoms with van der Waals surface area (Å²) in [7, 11) is 0. The van der Waals surface area contributed by atoms with Gasteiger partial charge in [0.2, 0.25) is 0 Å². The number of rotatable bonds is 3. The molecule has 6 nitrogen and oxygen atoms in total. The molecule has 2 aliphatic rings. The van der Waals surface area contributed by atoms with Crippen LogP contribution in [0.5, 0.6) is 0 Å². The Balaban J connectivity index is 0.00000220. The van der Waals surface area contributed by atoms with Gasteiger partial charge < -0.3 is 14.6 Å². The van der Waals surface area contributed by atoms with Gasteiger partial charge in [-0.1, -0.05) is 15.9 Å². The predicted octanol–water partition coefficient (Wildman–Crippen LogP) is -3.09. The monoisotopic (exact) mass is 381 g/mol. The predicted molar refractivity (Wildman–Crippen MR) is 72.3 cm³/mol. The van der Waals surface area contributed by atoms with Gasteiger partial charge in [0.1, 0.15) is 12.0 Å². The maximum Gasteiger partial charge on any atom is 1.00 e. The summed E-state index contributed by atoms with van der Waals surface area (Å²) in [5, 5.41) is 10.9. The molecule has 0 aliphatic carbocycles. The summed E-state index contributed by atoms with van der Waals surface area (Å²) in [4.78, 5) is 36.5. The molecule has 0 saturated carbocycles. The number of fused-ring (bicyclic) bond motifs is 1. The molecule has 2 heterocycles. The first-order chi connectivity index (χ1) is 9.47. The normalized spacial score (nSPS) is 19.9. The molecule has 0 radical (unpaired) electrons. The van der Waals surface area contributed by atoms with E-state index >= 15 is 0 Å². The summed E-state index contributed by atoms with van der Waals surface area (Å²) in [6.07, 6.45) is 0. The van der Waals surface area contributed by atoms with E-state index < -0.39 is 17.8 Å². The van der Waals surface area contributed by atoms with E-state index in [-0.39, 0.29) is 47.2 Å². The van der Waals surface area contributed by atoms with Gasteiger partial charge in [-0.3, -0.25) is 14.5 Å². The third-order valence-corrected chi connectivity index (χ3v) is 4.28. The molecular formula is C12H9BrNNaO5S. The fourth-order valence-corrected chi connectivity index (χ4v) is 3.44. The standard InChI is InChI=1S/C12H10BrNO5S.Na/c1-6(15)19-4-7-5-20-11-8(2-3-13)10(16)14(11)9(7)12(17)18;/h3,11H,4-5H2,1H3,(H,17,18);/q;+1/p-1/t2?,11-;/m1./s1. The minimum atomic E-state index is -1.45. The van der Waals surface area contributed by atoms with E-state index in [1.807, 2.05) is 0 Å². The van der Waals surface area contributed by atoms with Crippen molar-refractivity contribution >= 4 is 45.5 Å². The molecule has 106 valence electrons. The molecular weight excluding hydrogens is 373 g/mol. The Morgan fingerprint density at radius 1 is 1.62 bits per heavy atom. The average molecular weight is 382 g/mol. The number of nitrogens with zero attached hydrogens (tertiary/aromatic N) is 1. The number of carbonyl (C=O) groups excluding carboxylic acids is 3. The summed E-state index contributed by atoms with van der Waals surface area (Å²) in [5.74, 6) is -2.05. The van der Waals surface area contributed by atoms with E-state index in [9.17, 15) is 19.5 Å². The smallest absolute Gasteiger partial charge is 0.543 e. The Hall–Kier alpha value is -0.500. The van der Waals surface area contributed by atoms with Crippen molar-refractivity contribution in [1.29, 1.82) is 0 Å². The number of β-lactam (4-membered cyclic amide) rings is 1. The second kappa shape index (κ2) is 7.67. The zero-order chi connectivity index (χ0) is 14.9. The summed E-state index contributed by atoms with van der Waals surface area (Å²) < 4.78 is 4.80. The number of carbonyl (C=O) groups is 3. The van der Waals surface area contributed by atoms with E-state index in [1.54, 1.807) is 0 Å². The molecule has 2 rings (SSSR count). The van der Waals surface area contributed by atoms with Crippen LogP contribution in [0.2, 0.25) is 0 Å². The van der Waals surface area contributed by atoms with E-state index in [0.29, 0.717) is 16.9 Å². The number of halogens is 1. The van der Waals surface area contributed by atoms with Crippen LogP contribution in [0.3, 0.4) is 0 Å². The first kappa shape index (κ1) is 18.5. The van der Waals surface area contributed by atoms with Crippen molar-refractivity contribution in [2.75, 3.05) is 12.4 Å². The Kier molecular flexibility index (Phi) is 6.77. The molecule has 1 amide bonds. The summed E-state index contributed by atoms with van der Waals surface area (Å²) >= 11 is 4.40. The topological polar surface area (TPSA) is 86.7 Å². The molecule has 1 saturated heterocycles. The zero-order valence-corrected chi connectivity index (χ0v) is 15.7. The third kappa shape index (κ3) is 3.64. The summed E-state index contributed by atoms with van der Waals surface area (Å²) in [6.45, 7) is 1.07. The number of thioether (sulfide) groups is 1. The maximum atomic E-state index is 11.9. The van der Waals surface area contributed by atoms with Crippen molar-refractivity contribution in [3.63, 3.8) is 0 Å². The van der Waals surface area contributed by atoms with Crippen molar-refractivity contribution in [3.05, 3.63) is 27.6 Å². The quantitative estimate of drug-likeness (QED) is 0.169. The average Bonchev–Trinajstić information content (AvgIpc) is 2.40. The molecule has 0 aromatic rings. The van der Waals surface area contributed by atoms with E-state index in [0.717, 1.165) is 4.90 Å². The van der Waals surface area contributed by atoms with Gasteiger partial charge in [-0.15, -0.1) is 17.5 Å². The van der Waals surface area contributed by atoms with Gasteiger partial charge in [-0.25, -0.2) is 0 Å². The van der Waals surface area contributed by atoms with Crippen molar-refractivity contribution in [1.82, 2.24) is 4.90 Å². The Morgan fingerprint density at radius 2 is 2.29 bits per heavy atom. The number of hydrogen-bond acceptors (Lipinski definition) is 6. The second-order valence-corrected chi connectivity index (χ2v) is 5.55. The van der Waals surface area contributed by atoms with E-state index in [4.69, 9.17) is 4.74 Å². The molecule has 0 aromatic heterocycles. The minimum Gasteiger partial charge on any atom is -0.543 e. The zero-order valence-electron chi connectivity index (χ0n) is 11.3. The van der Waals surface area contributed by atoms with Crippen LogP contribution in [0, 0.1) is 0 Å². The number of aliphatic carboxylic acids is 1. The van der Waals surface area contributed by atoms with Crippen molar-refractivity contribution < 1.29 is 53.8 Å². The Morgan fingerprint density at radius 3 is 2.81 bits per heavy atom. The second-order valence-electron chi connectivity index (χ2n) is 4.03. The number of ether oxygens (including phenoxy) is 1. The molecule has 21 heavy (non-hydrogen) atoms. The van der Waals surface area contributed by atoms with Crippen LogP contribution in [0.1, 0.15) is 6.92 Å². The molecule has 0 bridgehead atoms. The molecule has 0 aromatic carbocycles. The van der Waals surface area contributed by atoms with Gasteiger partial charge in [0, 0.05) is 23.2 Å². The minimum absolute atomic E-state index is 0. The van der Waals surface area contributed by atoms with Crippen LogP contribution < -0.4 is 34.7 Å². The number of hydrogen-bond donors (Lipinski definition) is 0. The van der Waals surface area contributed by atoms with Gasteiger partial charge in [-0.2, -0.15) is 0 Å². The van der Waals surface area contributed by atoms with E-state index in [2.05, 4.69) is 21.7 Å². The van der Waals surface area contributed by atoms with Crippen molar-refractivity contribution in [3.8, 4) is 0 Å². The number of amides is 1. The Bertz CT molecular complexity index is 596. The third-order valence-electron chi connectivity index (χ3n) is 2.77. The molecule has 1 atom stereocenters. The molecule has 2 aliphatic heterocycles. The first-order valence-electron chi connectivity index (χ1n) is 5.54. The van der Waals surface area contributed by atoms with Crippen LogP contribution in [0.4, 0.5) is 0 Å². The number of carboxylic acid groups (broad SMARTS) is 1. The van der Waals surface area contributed by atoms with Gasteiger partial charge in [0.05, 0.1) is 17.2 Å². The van der Waals surface area contributed by atoms with Crippen LogP contribution in [0.25, 0.3) is 0 Å². The van der Waals surface area contributed by atoms with Gasteiger partial charge in [0.15, 0.2) is 0 Å². The largest absolute Gasteiger partial charge is 1.00 e. The number of esters is 1. The van der Waals surface area contributed by atoms with Gasteiger partial charge in [0.25, 0.3) is 5.91 Å². The number of carboxylic acids is 1. The molecule has 9 heteroatoms. The van der Waals surface area contributed by atoms with Crippen molar-refractivity contribution in [2.24, 2.45) is 0 Å². The van der Waals surface area contributed by atoms with Crippen LogP contribution in [-0.2, 0) is 19.1 Å². The molecule has 0 spiro atoms. The van der Waals surface area contributed by atoms with Gasteiger partial charge >= 0.3 is 35.5 Å². The maximum absolute atomic E-state index is 11.9. The van der Waals surface area contributed by atoms with E-state index in [1.165, 1.54) is 23.7 Å². The Labute approximate surface area is 155 Å². The van der Waals surface area contributed by atoms with Crippen LogP contribution in [0.15, 0.2) is 27.6 Å². The summed E-state index contributed by atoms with van der Waals surface area (Å²) in [5.41, 5.74) is 3.28. The molecule has 0 unspecified atom stereocenters. The fraction of sp³-hybridized carbons (Fsp3) is 0.333. The van der Waals surface area contributed by atoms with Crippen LogP contribution >= 0.6 is 27.7 Å². The SMILES string of the molecule is CC(=O)OCC1=C(C(=O)[O-])N2C(=O)C(=C=CBr)[C@H]2SC1.[Na+].